The monoisotopic (exact) mass is 354 g/mol. The van der Waals surface area contributed by atoms with E-state index in [9.17, 15) is 0 Å². The van der Waals surface area contributed by atoms with E-state index in [-0.39, 0.29) is 0 Å². The van der Waals surface area contributed by atoms with Crippen LogP contribution in [0.15, 0.2) is 36.7 Å². The molecule has 3 aromatic heterocycles. The Labute approximate surface area is 149 Å². The van der Waals surface area contributed by atoms with E-state index in [1.54, 1.807) is 12.4 Å². The van der Waals surface area contributed by atoms with Crippen molar-refractivity contribution in [2.24, 2.45) is 0 Å². The van der Waals surface area contributed by atoms with Gasteiger partial charge in [-0.2, -0.15) is 9.36 Å². The Morgan fingerprint density at radius 1 is 1.16 bits per heavy atom. The normalized spacial score (nSPS) is 13.5. The lowest BCUT2D eigenvalue weighted by atomic mass is 10.3. The molecule has 3 aromatic rings. The van der Waals surface area contributed by atoms with Crippen molar-refractivity contribution in [3.63, 3.8) is 0 Å². The van der Waals surface area contributed by atoms with E-state index < -0.39 is 0 Å². The molecule has 8 heteroatoms. The molecule has 1 saturated carbocycles. The molecule has 1 aliphatic rings. The number of nitrogens with zero attached hydrogens (tertiary/aromatic N) is 5. The van der Waals surface area contributed by atoms with Gasteiger partial charge in [-0.25, -0.2) is 9.97 Å². The van der Waals surface area contributed by atoms with Crippen LogP contribution in [0.3, 0.4) is 0 Å². The van der Waals surface area contributed by atoms with Crippen LogP contribution in [0.1, 0.15) is 12.8 Å². The molecule has 0 atom stereocenters. The Morgan fingerprint density at radius 2 is 1.96 bits per heavy atom. The molecule has 7 nitrogen and oxygen atoms in total. The lowest BCUT2D eigenvalue weighted by Gasteiger charge is -2.15. The van der Waals surface area contributed by atoms with Crippen LogP contribution < -0.4 is 15.0 Å². The average molecular weight is 354 g/mol. The summed E-state index contributed by atoms with van der Waals surface area (Å²) < 4.78 is 10.3. The minimum atomic E-state index is 0.301. The number of hydrogen-bond acceptors (Lipinski definition) is 8. The summed E-state index contributed by atoms with van der Waals surface area (Å²) in [5.74, 6) is 2.04. The highest BCUT2D eigenvalue weighted by Crippen LogP contribution is 2.34. The summed E-state index contributed by atoms with van der Waals surface area (Å²) in [7, 11) is 3.95. The quantitative estimate of drug-likeness (QED) is 0.727. The van der Waals surface area contributed by atoms with Crippen molar-refractivity contribution in [3.05, 3.63) is 36.7 Å². The largest absolute Gasteiger partial charge is 0.488 e. The second-order valence-corrected chi connectivity index (χ2v) is 6.73. The standard InChI is InChI=1S/C17H18N6OS/c1-23(2)12-5-3-10-19-15(12)20-17-21-16(22-25-17)14-13(6-4-9-18-14)24-11-7-8-11/h3-6,9-11H,7-8H2,1-2H3,(H,19,20,21,22). The third-order valence-electron chi connectivity index (χ3n) is 3.72. The van der Waals surface area contributed by atoms with E-state index >= 15 is 0 Å². The van der Waals surface area contributed by atoms with Crippen molar-refractivity contribution < 1.29 is 4.74 Å². The first-order chi connectivity index (χ1) is 12.2. The van der Waals surface area contributed by atoms with Gasteiger partial charge in [0, 0.05) is 38.0 Å². The average Bonchev–Trinajstić information content (AvgIpc) is 3.31. The van der Waals surface area contributed by atoms with Gasteiger partial charge in [0.2, 0.25) is 5.13 Å². The van der Waals surface area contributed by atoms with Gasteiger partial charge in [0.05, 0.1) is 11.8 Å². The van der Waals surface area contributed by atoms with Crippen LogP contribution in [-0.2, 0) is 0 Å². The number of hydrogen-bond donors (Lipinski definition) is 1. The zero-order valence-corrected chi connectivity index (χ0v) is 14.8. The maximum absolute atomic E-state index is 5.91. The molecule has 1 fully saturated rings. The zero-order valence-electron chi connectivity index (χ0n) is 14.0. The second-order valence-electron chi connectivity index (χ2n) is 5.98. The van der Waals surface area contributed by atoms with Crippen molar-refractivity contribution in [1.82, 2.24) is 19.3 Å². The fourth-order valence-corrected chi connectivity index (χ4v) is 2.91. The van der Waals surface area contributed by atoms with E-state index in [0.29, 0.717) is 22.8 Å². The maximum atomic E-state index is 5.91. The molecule has 0 radical (unpaired) electrons. The van der Waals surface area contributed by atoms with Crippen LogP contribution in [0.25, 0.3) is 11.5 Å². The highest BCUT2D eigenvalue weighted by molar-refractivity contribution is 7.09. The molecule has 0 aliphatic heterocycles. The minimum Gasteiger partial charge on any atom is -0.488 e. The number of nitrogens with one attached hydrogen (secondary N) is 1. The molecule has 1 N–H and O–H groups in total. The first kappa shape index (κ1) is 15.8. The van der Waals surface area contributed by atoms with E-state index in [1.165, 1.54) is 11.5 Å². The molecule has 0 aromatic carbocycles. The van der Waals surface area contributed by atoms with Crippen LogP contribution in [0.5, 0.6) is 5.75 Å². The van der Waals surface area contributed by atoms with Gasteiger partial charge in [0.1, 0.15) is 5.75 Å². The minimum absolute atomic E-state index is 0.301. The van der Waals surface area contributed by atoms with E-state index in [1.807, 2.05) is 43.3 Å². The van der Waals surface area contributed by atoms with Gasteiger partial charge in [0.15, 0.2) is 17.3 Å². The third-order valence-corrected chi connectivity index (χ3v) is 4.35. The van der Waals surface area contributed by atoms with Crippen molar-refractivity contribution in [1.29, 1.82) is 0 Å². The summed E-state index contributed by atoms with van der Waals surface area (Å²) in [5, 5.41) is 3.91. The number of rotatable bonds is 6. The molecule has 128 valence electrons. The first-order valence-corrected chi connectivity index (χ1v) is 8.83. The van der Waals surface area contributed by atoms with Crippen molar-refractivity contribution in [2.45, 2.75) is 18.9 Å². The highest BCUT2D eigenvalue weighted by Gasteiger charge is 2.25. The van der Waals surface area contributed by atoms with Crippen LogP contribution in [0, 0.1) is 0 Å². The molecular formula is C17H18N6OS. The van der Waals surface area contributed by atoms with Gasteiger partial charge in [-0.05, 0) is 37.1 Å². The molecule has 4 rings (SSSR count). The molecule has 0 amide bonds. The predicted molar refractivity (Wildman–Crippen MR) is 98.6 cm³/mol. The van der Waals surface area contributed by atoms with Gasteiger partial charge in [-0.15, -0.1) is 0 Å². The van der Waals surface area contributed by atoms with Gasteiger partial charge in [-0.3, -0.25) is 0 Å². The van der Waals surface area contributed by atoms with Crippen LogP contribution in [0.2, 0.25) is 0 Å². The summed E-state index contributed by atoms with van der Waals surface area (Å²) in [6, 6.07) is 7.68. The molecule has 1 aliphatic carbocycles. The molecule has 3 heterocycles. The summed E-state index contributed by atoms with van der Waals surface area (Å²) in [4.78, 5) is 15.3. The Hall–Kier alpha value is -2.74. The fraction of sp³-hybridized carbons (Fsp3) is 0.294. The number of anilines is 3. The first-order valence-electron chi connectivity index (χ1n) is 8.06. The van der Waals surface area contributed by atoms with Gasteiger partial charge in [0.25, 0.3) is 0 Å². The van der Waals surface area contributed by atoms with Crippen LogP contribution in [-0.4, -0.2) is 39.5 Å². The molecule has 0 unspecified atom stereocenters. The zero-order chi connectivity index (χ0) is 17.2. The predicted octanol–water partition coefficient (Wildman–Crippen LogP) is 3.35. The number of aromatic nitrogens is 4. The lowest BCUT2D eigenvalue weighted by Crippen LogP contribution is -2.11. The Kier molecular flexibility index (Phi) is 4.19. The smallest absolute Gasteiger partial charge is 0.208 e. The molecular weight excluding hydrogens is 336 g/mol. The third kappa shape index (κ3) is 3.53. The fourth-order valence-electron chi connectivity index (χ4n) is 2.34. The summed E-state index contributed by atoms with van der Waals surface area (Å²) >= 11 is 1.28. The van der Waals surface area contributed by atoms with Crippen LogP contribution >= 0.6 is 11.5 Å². The molecule has 0 spiro atoms. The second kappa shape index (κ2) is 6.64. The summed E-state index contributed by atoms with van der Waals surface area (Å²) in [5.41, 5.74) is 1.65. The van der Waals surface area contributed by atoms with Gasteiger partial charge >= 0.3 is 0 Å². The number of ether oxygens (including phenoxy) is 1. The highest BCUT2D eigenvalue weighted by atomic mass is 32.1. The van der Waals surface area contributed by atoms with Gasteiger partial charge < -0.3 is 15.0 Å². The van der Waals surface area contributed by atoms with Crippen molar-refractivity contribution in [3.8, 4) is 17.3 Å². The summed E-state index contributed by atoms with van der Waals surface area (Å²) in [6.45, 7) is 0. The van der Waals surface area contributed by atoms with Gasteiger partial charge in [-0.1, -0.05) is 0 Å². The van der Waals surface area contributed by atoms with E-state index in [4.69, 9.17) is 4.74 Å². The summed E-state index contributed by atoms with van der Waals surface area (Å²) in [6.07, 6.45) is 5.97. The Balaban J connectivity index is 1.59. The molecule has 0 bridgehead atoms. The SMILES string of the molecule is CN(C)c1cccnc1Nc1nc(-c2ncccc2OC2CC2)ns1. The Morgan fingerprint density at radius 3 is 2.76 bits per heavy atom. The molecule has 25 heavy (non-hydrogen) atoms. The van der Waals surface area contributed by atoms with Crippen LogP contribution in [0.4, 0.5) is 16.6 Å². The topological polar surface area (TPSA) is 76.1 Å². The molecule has 0 saturated heterocycles. The van der Waals surface area contributed by atoms with E-state index in [2.05, 4.69) is 24.6 Å². The van der Waals surface area contributed by atoms with Crippen molar-refractivity contribution in [2.75, 3.05) is 24.3 Å². The Bertz CT molecular complexity index is 877. The maximum Gasteiger partial charge on any atom is 0.208 e. The van der Waals surface area contributed by atoms with E-state index in [0.717, 1.165) is 30.1 Å². The van der Waals surface area contributed by atoms with Crippen molar-refractivity contribution >= 4 is 28.2 Å². The number of pyridine rings is 2. The lowest BCUT2D eigenvalue weighted by molar-refractivity contribution is 0.303.